The van der Waals surface area contributed by atoms with Gasteiger partial charge in [-0.1, -0.05) is 133 Å². The molecule has 0 aliphatic carbocycles. The van der Waals surface area contributed by atoms with Crippen molar-refractivity contribution in [3.8, 4) is 33.8 Å². The van der Waals surface area contributed by atoms with Crippen LogP contribution in [-0.4, -0.2) is 23.5 Å². The fraction of sp³-hybridized carbons (Fsp3) is 0. The van der Waals surface area contributed by atoms with E-state index in [1.807, 2.05) is 42.5 Å². The molecular weight excluding hydrogens is 983 g/mol. The summed E-state index contributed by atoms with van der Waals surface area (Å²) < 4.78 is 7.21. The SMILES string of the molecule is [Ir].[c-]1ccccc1-c1ccccn1.c1ccc2c(c1)nc1c3ccccc3c3ccc(-c4cc(-n5c6ccccc6c6ccccc65)cc(-n5c6ccccc6c6ccccc65)c4)cc3n21. The fourth-order valence-electron chi connectivity index (χ4n) is 9.98. The zero-order valence-corrected chi connectivity index (χ0v) is 37.9. The van der Waals surface area contributed by atoms with Gasteiger partial charge in [0.15, 0.2) is 0 Å². The van der Waals surface area contributed by atoms with Gasteiger partial charge in [-0.05, 0) is 88.9 Å². The van der Waals surface area contributed by atoms with Gasteiger partial charge >= 0.3 is 0 Å². The van der Waals surface area contributed by atoms with E-state index in [1.54, 1.807) is 6.20 Å². The van der Waals surface area contributed by atoms with Crippen molar-refractivity contribution < 1.29 is 20.1 Å². The molecule has 5 nitrogen and oxygen atoms in total. The second kappa shape index (κ2) is 16.1. The summed E-state index contributed by atoms with van der Waals surface area (Å²) >= 11 is 0. The van der Waals surface area contributed by atoms with E-state index in [0.29, 0.717) is 0 Å². The van der Waals surface area contributed by atoms with Crippen molar-refractivity contribution in [2.75, 3.05) is 0 Å². The number of hydrogen-bond acceptors (Lipinski definition) is 2. The number of rotatable bonds is 4. The molecule has 0 saturated heterocycles. The van der Waals surface area contributed by atoms with E-state index >= 15 is 0 Å². The third kappa shape index (κ3) is 6.34. The Bertz CT molecular complexity index is 3850. The Morgan fingerprint density at radius 3 is 1.42 bits per heavy atom. The van der Waals surface area contributed by atoms with Gasteiger partial charge in [-0.25, -0.2) is 4.98 Å². The summed E-state index contributed by atoms with van der Waals surface area (Å²) in [6, 6.07) is 83.0. The minimum atomic E-state index is 0. The van der Waals surface area contributed by atoms with Gasteiger partial charge in [0.25, 0.3) is 0 Å². The van der Waals surface area contributed by atoms with Gasteiger partial charge < -0.3 is 14.1 Å². The second-order valence-electron chi connectivity index (χ2n) is 16.5. The molecule has 9 aromatic carbocycles. The first-order valence-corrected chi connectivity index (χ1v) is 22.0. The van der Waals surface area contributed by atoms with Gasteiger partial charge in [-0.2, -0.15) is 0 Å². The van der Waals surface area contributed by atoms with Crippen LogP contribution in [0.3, 0.4) is 0 Å². The molecule has 6 heteroatoms. The number of pyridine rings is 2. The van der Waals surface area contributed by atoms with E-state index in [4.69, 9.17) is 4.98 Å². The molecule has 0 aliphatic heterocycles. The van der Waals surface area contributed by atoms with E-state index in [0.717, 1.165) is 61.3 Å². The van der Waals surface area contributed by atoms with Crippen LogP contribution in [-0.2, 0) is 20.1 Å². The van der Waals surface area contributed by atoms with Crippen molar-refractivity contribution in [3.63, 3.8) is 0 Å². The molecule has 14 aromatic rings. The van der Waals surface area contributed by atoms with Crippen LogP contribution in [0.4, 0.5) is 0 Å². The predicted molar refractivity (Wildman–Crippen MR) is 270 cm³/mol. The average Bonchev–Trinajstić information content (AvgIpc) is 4.06. The first kappa shape index (κ1) is 39.4. The number of hydrogen-bond donors (Lipinski definition) is 0. The standard InChI is InChI=1S/C49H30N4.C11H8N.Ir/c1-2-18-41-35(13-1)40-26-25-31(29-48(40)53-47-24-12-7-19-42(47)50-49(41)53)32-27-33(51-43-20-8-3-14-36(43)37-15-4-9-21-44(37)51)30-34(28-32)52-45-22-10-5-16-38(45)39-17-6-11-23-46(39)52;1-2-6-10(7-3-1)11-8-4-5-9-12-11;/h1-30H;1-6,8-9H;/q;-1;. The van der Waals surface area contributed by atoms with Crippen LogP contribution >= 0.6 is 0 Å². The number of benzene rings is 9. The van der Waals surface area contributed by atoms with Crippen LogP contribution < -0.4 is 0 Å². The van der Waals surface area contributed by atoms with Crippen LogP contribution in [0.2, 0.25) is 0 Å². The molecule has 0 bridgehead atoms. The molecule has 0 unspecified atom stereocenters. The Hall–Kier alpha value is -8.15. The smallest absolute Gasteiger partial charge is 0.146 e. The van der Waals surface area contributed by atoms with Crippen LogP contribution in [0.15, 0.2) is 231 Å². The molecule has 0 fully saturated rings. The Balaban J connectivity index is 0.000000306. The van der Waals surface area contributed by atoms with Gasteiger partial charge in [0.2, 0.25) is 0 Å². The van der Waals surface area contributed by atoms with E-state index in [1.165, 1.54) is 54.4 Å². The maximum absolute atomic E-state index is 5.16. The predicted octanol–water partition coefficient (Wildman–Crippen LogP) is 15.2. The molecule has 5 aromatic heterocycles. The van der Waals surface area contributed by atoms with Crippen molar-refractivity contribution in [1.82, 2.24) is 23.5 Å². The third-order valence-electron chi connectivity index (χ3n) is 12.8. The summed E-state index contributed by atoms with van der Waals surface area (Å²) in [6.07, 6.45) is 1.79. The summed E-state index contributed by atoms with van der Waals surface area (Å²) in [5, 5.41) is 8.57. The second-order valence-corrected chi connectivity index (χ2v) is 16.5. The van der Waals surface area contributed by atoms with Crippen LogP contribution in [0.5, 0.6) is 0 Å². The normalized spacial score (nSPS) is 11.5. The maximum atomic E-state index is 5.16. The minimum Gasteiger partial charge on any atom is -0.309 e. The van der Waals surface area contributed by atoms with E-state index in [9.17, 15) is 0 Å². The van der Waals surface area contributed by atoms with E-state index < -0.39 is 0 Å². The van der Waals surface area contributed by atoms with Crippen molar-refractivity contribution in [2.24, 2.45) is 0 Å². The van der Waals surface area contributed by atoms with E-state index in [-0.39, 0.29) is 20.1 Å². The minimum absolute atomic E-state index is 0. The molecule has 313 valence electrons. The molecule has 0 N–H and O–H groups in total. The molecule has 0 atom stereocenters. The first-order valence-electron chi connectivity index (χ1n) is 22.0. The quantitative estimate of drug-likeness (QED) is 0.130. The van der Waals surface area contributed by atoms with Crippen molar-refractivity contribution in [1.29, 1.82) is 0 Å². The van der Waals surface area contributed by atoms with Gasteiger partial charge in [-0.15, -0.1) is 35.9 Å². The van der Waals surface area contributed by atoms with Gasteiger partial charge in [0.1, 0.15) is 5.65 Å². The van der Waals surface area contributed by atoms with Gasteiger partial charge in [-0.3, -0.25) is 4.40 Å². The largest absolute Gasteiger partial charge is 0.309 e. The number of fused-ring (bicyclic) bond motifs is 14. The molecule has 0 spiro atoms. The number of nitrogens with zero attached hydrogens (tertiary/aromatic N) is 5. The molecule has 0 aliphatic rings. The Morgan fingerprint density at radius 2 is 0.864 bits per heavy atom. The summed E-state index contributed by atoms with van der Waals surface area (Å²) in [7, 11) is 0. The molecule has 66 heavy (non-hydrogen) atoms. The molecule has 0 amide bonds. The first-order chi connectivity index (χ1) is 32.3. The molecule has 14 rings (SSSR count). The molecule has 1 radical (unpaired) electrons. The molecule has 5 heterocycles. The molecular formula is C60H38IrN5-. The van der Waals surface area contributed by atoms with Crippen LogP contribution in [0.25, 0.3) is 116 Å². The monoisotopic (exact) mass is 1020 g/mol. The summed E-state index contributed by atoms with van der Waals surface area (Å²) in [4.78, 5) is 9.38. The number of para-hydroxylation sites is 6. The van der Waals surface area contributed by atoms with Gasteiger partial charge in [0, 0.05) is 70.0 Å². The van der Waals surface area contributed by atoms with E-state index in [2.05, 4.69) is 207 Å². The van der Waals surface area contributed by atoms with Crippen molar-refractivity contribution in [3.05, 3.63) is 237 Å². The summed E-state index contributed by atoms with van der Waals surface area (Å²) in [5.41, 5.74) is 15.5. The zero-order chi connectivity index (χ0) is 42.8. The van der Waals surface area contributed by atoms with Crippen molar-refractivity contribution >= 4 is 82.0 Å². The van der Waals surface area contributed by atoms with Crippen molar-refractivity contribution in [2.45, 2.75) is 0 Å². The van der Waals surface area contributed by atoms with Crippen LogP contribution in [0, 0.1) is 6.07 Å². The summed E-state index contributed by atoms with van der Waals surface area (Å²) in [6.45, 7) is 0. The Kier molecular flexibility index (Phi) is 9.64. The maximum Gasteiger partial charge on any atom is 0.146 e. The Morgan fingerprint density at radius 1 is 0.364 bits per heavy atom. The third-order valence-corrected chi connectivity index (χ3v) is 12.8. The zero-order valence-electron chi connectivity index (χ0n) is 35.5. The topological polar surface area (TPSA) is 40.0 Å². The van der Waals surface area contributed by atoms with Gasteiger partial charge in [0.05, 0.1) is 38.6 Å². The van der Waals surface area contributed by atoms with Crippen LogP contribution in [0.1, 0.15) is 0 Å². The Labute approximate surface area is 393 Å². The average molecular weight is 1020 g/mol. The number of imidazole rings is 1. The molecule has 0 saturated carbocycles. The number of aromatic nitrogens is 5. The fourth-order valence-corrected chi connectivity index (χ4v) is 9.98. The summed E-state index contributed by atoms with van der Waals surface area (Å²) in [5.74, 6) is 0.